The minimum atomic E-state index is 0.609. The molecule has 2 aliphatic carbocycles. The van der Waals surface area contributed by atoms with Gasteiger partial charge >= 0.3 is 0 Å². The second-order valence-electron chi connectivity index (χ2n) is 6.65. The van der Waals surface area contributed by atoms with E-state index >= 15 is 0 Å². The van der Waals surface area contributed by atoms with E-state index in [-0.39, 0.29) is 0 Å². The maximum Gasteiger partial charge on any atom is 0.0250 e. The molecule has 0 aromatic carbocycles. The van der Waals surface area contributed by atoms with Gasteiger partial charge in [0.15, 0.2) is 0 Å². The van der Waals surface area contributed by atoms with Gasteiger partial charge in [-0.2, -0.15) is 0 Å². The third kappa shape index (κ3) is 4.34. The summed E-state index contributed by atoms with van der Waals surface area (Å²) in [5.41, 5.74) is 3.22. The first kappa shape index (κ1) is 15.6. The fraction of sp³-hybridized carbons (Fsp3) is 0.684. The maximum atomic E-state index is 4.00. The molecule has 2 rings (SSSR count). The zero-order chi connectivity index (χ0) is 14.4. The van der Waals surface area contributed by atoms with E-state index in [1.165, 1.54) is 50.5 Å². The molecule has 1 N–H and O–H groups in total. The lowest BCUT2D eigenvalue weighted by Gasteiger charge is -2.25. The van der Waals surface area contributed by atoms with Crippen molar-refractivity contribution >= 4 is 0 Å². The summed E-state index contributed by atoms with van der Waals surface area (Å²) in [4.78, 5) is 0. The maximum absolute atomic E-state index is 4.00. The Hall–Kier alpha value is -0.820. The fourth-order valence-corrected chi connectivity index (χ4v) is 3.54. The third-order valence-corrected chi connectivity index (χ3v) is 4.98. The van der Waals surface area contributed by atoms with Gasteiger partial charge in [0.2, 0.25) is 0 Å². The van der Waals surface area contributed by atoms with Crippen molar-refractivity contribution in [3.8, 4) is 0 Å². The van der Waals surface area contributed by atoms with E-state index in [4.69, 9.17) is 0 Å². The summed E-state index contributed by atoms with van der Waals surface area (Å²) in [6.07, 6.45) is 16.0. The highest BCUT2D eigenvalue weighted by atomic mass is 14.9. The van der Waals surface area contributed by atoms with Crippen LogP contribution in [-0.4, -0.2) is 12.6 Å². The van der Waals surface area contributed by atoms with E-state index in [2.05, 4.69) is 44.0 Å². The van der Waals surface area contributed by atoms with Crippen molar-refractivity contribution in [1.29, 1.82) is 0 Å². The Kier molecular flexibility index (Phi) is 6.09. The van der Waals surface area contributed by atoms with Crippen molar-refractivity contribution in [2.24, 2.45) is 11.8 Å². The second-order valence-corrected chi connectivity index (χ2v) is 6.65. The summed E-state index contributed by atoms with van der Waals surface area (Å²) in [7, 11) is 0. The van der Waals surface area contributed by atoms with E-state index in [9.17, 15) is 0 Å². The lowest BCUT2D eigenvalue weighted by Crippen LogP contribution is -2.31. The van der Waals surface area contributed by atoms with Gasteiger partial charge in [0, 0.05) is 6.04 Å². The highest BCUT2D eigenvalue weighted by Gasteiger charge is 2.17. The molecule has 2 aliphatic rings. The normalized spacial score (nSPS) is 28.5. The minimum absolute atomic E-state index is 0.609. The number of nitrogens with one attached hydrogen (secondary N) is 1. The predicted octanol–water partition coefficient (Wildman–Crippen LogP) is 5.01. The van der Waals surface area contributed by atoms with Gasteiger partial charge in [-0.3, -0.25) is 0 Å². The van der Waals surface area contributed by atoms with Gasteiger partial charge in [0.25, 0.3) is 0 Å². The molecule has 0 fully saturated rings. The van der Waals surface area contributed by atoms with Gasteiger partial charge in [-0.05, 0) is 68.9 Å². The molecule has 0 radical (unpaired) electrons. The average molecular weight is 273 g/mol. The Morgan fingerprint density at radius 1 is 1.30 bits per heavy atom. The molecule has 3 unspecified atom stereocenters. The van der Waals surface area contributed by atoms with Crippen LogP contribution >= 0.6 is 0 Å². The standard InChI is InChI=1S/C19H31N/c1-4-17-7-5-6-8-19(17)16(3)13-14-20-18-11-9-15(2)10-12-18/h4,9,11,15-16,18,20H,1,5-8,10,12-14H2,2-3H3. The highest BCUT2D eigenvalue weighted by Crippen LogP contribution is 2.31. The van der Waals surface area contributed by atoms with Crippen molar-refractivity contribution in [3.63, 3.8) is 0 Å². The van der Waals surface area contributed by atoms with Crippen molar-refractivity contribution in [1.82, 2.24) is 5.32 Å². The van der Waals surface area contributed by atoms with Crippen LogP contribution in [0.3, 0.4) is 0 Å². The van der Waals surface area contributed by atoms with Crippen LogP contribution in [0.5, 0.6) is 0 Å². The van der Waals surface area contributed by atoms with Gasteiger partial charge < -0.3 is 5.32 Å². The first-order valence-corrected chi connectivity index (χ1v) is 8.46. The van der Waals surface area contributed by atoms with Crippen LogP contribution in [0.15, 0.2) is 36.0 Å². The monoisotopic (exact) mass is 273 g/mol. The molecular formula is C19H31N. The van der Waals surface area contributed by atoms with Crippen LogP contribution in [0.4, 0.5) is 0 Å². The molecule has 0 aromatic rings. The van der Waals surface area contributed by atoms with Crippen molar-refractivity contribution < 1.29 is 0 Å². The van der Waals surface area contributed by atoms with E-state index in [1.54, 1.807) is 5.57 Å². The summed E-state index contributed by atoms with van der Waals surface area (Å²) < 4.78 is 0. The predicted molar refractivity (Wildman–Crippen MR) is 88.8 cm³/mol. The van der Waals surface area contributed by atoms with Gasteiger partial charge in [0.1, 0.15) is 0 Å². The number of allylic oxidation sites excluding steroid dienone is 4. The van der Waals surface area contributed by atoms with Gasteiger partial charge in [-0.15, -0.1) is 0 Å². The van der Waals surface area contributed by atoms with E-state index in [1.807, 2.05) is 0 Å². The summed E-state index contributed by atoms with van der Waals surface area (Å²) in [6, 6.07) is 0.609. The van der Waals surface area contributed by atoms with Crippen LogP contribution < -0.4 is 5.32 Å². The molecule has 20 heavy (non-hydrogen) atoms. The lowest BCUT2D eigenvalue weighted by molar-refractivity contribution is 0.447. The zero-order valence-corrected chi connectivity index (χ0v) is 13.3. The molecule has 1 heteroatoms. The van der Waals surface area contributed by atoms with Crippen molar-refractivity contribution in [2.75, 3.05) is 6.54 Å². The molecule has 0 heterocycles. The van der Waals surface area contributed by atoms with E-state index in [0.29, 0.717) is 12.0 Å². The number of hydrogen-bond donors (Lipinski definition) is 1. The summed E-state index contributed by atoms with van der Waals surface area (Å²) in [5, 5.41) is 3.71. The lowest BCUT2D eigenvalue weighted by atomic mass is 9.83. The van der Waals surface area contributed by atoms with Crippen molar-refractivity contribution in [2.45, 2.75) is 64.8 Å². The fourth-order valence-electron chi connectivity index (χ4n) is 3.54. The van der Waals surface area contributed by atoms with E-state index in [0.717, 1.165) is 12.5 Å². The first-order valence-electron chi connectivity index (χ1n) is 8.46. The number of rotatable bonds is 6. The first-order chi connectivity index (χ1) is 9.70. The molecule has 0 amide bonds. The molecular weight excluding hydrogens is 242 g/mol. The Morgan fingerprint density at radius 2 is 2.10 bits per heavy atom. The van der Waals surface area contributed by atoms with Crippen molar-refractivity contribution in [3.05, 3.63) is 36.0 Å². The SMILES string of the molecule is C=CC1=C(C(C)CCNC2C=CC(C)CC2)CCCC1. The Labute approximate surface area is 125 Å². The average Bonchev–Trinajstić information content (AvgIpc) is 2.49. The zero-order valence-electron chi connectivity index (χ0n) is 13.3. The summed E-state index contributed by atoms with van der Waals surface area (Å²) >= 11 is 0. The van der Waals surface area contributed by atoms with Crippen LogP contribution in [0, 0.1) is 11.8 Å². The minimum Gasteiger partial charge on any atom is -0.310 e. The molecule has 0 aromatic heterocycles. The molecule has 3 atom stereocenters. The van der Waals surface area contributed by atoms with E-state index < -0.39 is 0 Å². The topological polar surface area (TPSA) is 12.0 Å². The summed E-state index contributed by atoms with van der Waals surface area (Å²) in [6.45, 7) is 9.83. The molecule has 0 spiro atoms. The quantitative estimate of drug-likeness (QED) is 0.670. The Balaban J connectivity index is 1.77. The summed E-state index contributed by atoms with van der Waals surface area (Å²) in [5.74, 6) is 1.48. The molecule has 112 valence electrons. The van der Waals surface area contributed by atoms with Gasteiger partial charge in [-0.25, -0.2) is 0 Å². The molecule has 1 nitrogen and oxygen atoms in total. The molecule has 0 aliphatic heterocycles. The Morgan fingerprint density at radius 3 is 2.80 bits per heavy atom. The van der Waals surface area contributed by atoms with Crippen LogP contribution in [-0.2, 0) is 0 Å². The van der Waals surface area contributed by atoms with Gasteiger partial charge in [-0.1, -0.05) is 44.2 Å². The second kappa shape index (κ2) is 7.83. The van der Waals surface area contributed by atoms with Gasteiger partial charge in [0.05, 0.1) is 0 Å². The largest absolute Gasteiger partial charge is 0.310 e. The smallest absolute Gasteiger partial charge is 0.0250 e. The van der Waals surface area contributed by atoms with Crippen LogP contribution in [0.2, 0.25) is 0 Å². The number of hydrogen-bond acceptors (Lipinski definition) is 1. The molecule has 0 bridgehead atoms. The molecule has 0 saturated carbocycles. The van der Waals surface area contributed by atoms with Crippen LogP contribution in [0.25, 0.3) is 0 Å². The van der Waals surface area contributed by atoms with Crippen LogP contribution in [0.1, 0.15) is 58.8 Å². The Bertz CT molecular complexity index is 377. The molecule has 0 saturated heterocycles. The third-order valence-electron chi connectivity index (χ3n) is 4.98. The highest BCUT2D eigenvalue weighted by molar-refractivity contribution is 5.27.